The molecule has 0 saturated carbocycles. The molecule has 20 heavy (non-hydrogen) atoms. The Hall–Kier alpha value is -1.89. The smallest absolute Gasteiger partial charge is 0.333 e. The number of carboxylic acids is 1. The standard InChI is InChI=1S/C13H17NO5S/c1-9(20(3,18)19)11(15)14-13(2,12(16)17)10-7-5-4-6-8-10/h4-9H,1-3H3,(H,14,15)(H,16,17). The van der Waals surface area contributed by atoms with Gasteiger partial charge in [0, 0.05) is 6.26 Å². The summed E-state index contributed by atoms with van der Waals surface area (Å²) in [5, 5.41) is 10.3. The molecule has 0 aliphatic rings. The highest BCUT2D eigenvalue weighted by atomic mass is 32.2. The molecular formula is C13H17NO5S. The normalized spacial score (nSPS) is 15.9. The van der Waals surface area contributed by atoms with E-state index in [-0.39, 0.29) is 0 Å². The van der Waals surface area contributed by atoms with Crippen LogP contribution in [0.25, 0.3) is 0 Å². The second-order valence-corrected chi connectivity index (χ2v) is 7.12. The van der Waals surface area contributed by atoms with Gasteiger partial charge in [0.15, 0.2) is 15.4 Å². The third kappa shape index (κ3) is 3.36. The minimum atomic E-state index is -3.59. The van der Waals surface area contributed by atoms with Gasteiger partial charge in [0.2, 0.25) is 5.91 Å². The van der Waals surface area contributed by atoms with Gasteiger partial charge in [0.05, 0.1) is 0 Å². The van der Waals surface area contributed by atoms with Gasteiger partial charge < -0.3 is 10.4 Å². The fraction of sp³-hybridized carbons (Fsp3) is 0.385. The van der Waals surface area contributed by atoms with Crippen molar-refractivity contribution in [1.82, 2.24) is 5.32 Å². The summed E-state index contributed by atoms with van der Waals surface area (Å²) in [5.41, 5.74) is -1.32. The zero-order valence-electron chi connectivity index (χ0n) is 11.5. The summed E-state index contributed by atoms with van der Waals surface area (Å²) in [5.74, 6) is -2.11. The molecule has 0 aliphatic carbocycles. The minimum Gasteiger partial charge on any atom is -0.479 e. The molecule has 7 heteroatoms. The first-order valence-electron chi connectivity index (χ1n) is 5.89. The van der Waals surface area contributed by atoms with E-state index in [9.17, 15) is 23.1 Å². The molecule has 2 N–H and O–H groups in total. The average molecular weight is 299 g/mol. The van der Waals surface area contributed by atoms with Crippen LogP contribution in [0.3, 0.4) is 0 Å². The SMILES string of the molecule is CC(C(=O)NC(C)(C(=O)O)c1ccccc1)S(C)(=O)=O. The zero-order chi connectivity index (χ0) is 15.6. The number of hydrogen-bond donors (Lipinski definition) is 2. The van der Waals surface area contributed by atoms with Crippen LogP contribution in [0, 0.1) is 0 Å². The molecule has 2 atom stereocenters. The van der Waals surface area contributed by atoms with Crippen LogP contribution in [0.15, 0.2) is 30.3 Å². The maximum atomic E-state index is 11.9. The number of carbonyl (C=O) groups excluding carboxylic acids is 1. The van der Waals surface area contributed by atoms with E-state index in [0.717, 1.165) is 6.26 Å². The maximum absolute atomic E-state index is 11.9. The van der Waals surface area contributed by atoms with Gasteiger partial charge in [0.25, 0.3) is 0 Å². The van der Waals surface area contributed by atoms with E-state index in [4.69, 9.17) is 0 Å². The molecule has 2 unspecified atom stereocenters. The highest BCUT2D eigenvalue weighted by molar-refractivity contribution is 7.92. The molecule has 0 fully saturated rings. The Kier molecular flexibility index (Phi) is 4.54. The second-order valence-electron chi connectivity index (χ2n) is 4.76. The number of hydrogen-bond acceptors (Lipinski definition) is 4. The van der Waals surface area contributed by atoms with Crippen LogP contribution in [-0.2, 0) is 25.0 Å². The molecule has 0 aliphatic heterocycles. The monoisotopic (exact) mass is 299 g/mol. The molecule has 0 bridgehead atoms. The van der Waals surface area contributed by atoms with E-state index < -0.39 is 32.5 Å². The topological polar surface area (TPSA) is 101 Å². The summed E-state index contributed by atoms with van der Waals surface area (Å²) < 4.78 is 22.7. The maximum Gasteiger partial charge on any atom is 0.333 e. The molecule has 1 rings (SSSR count). The number of aliphatic carboxylic acids is 1. The first kappa shape index (κ1) is 16.2. The fourth-order valence-corrected chi connectivity index (χ4v) is 2.01. The summed E-state index contributed by atoms with van der Waals surface area (Å²) in [6, 6.07) is 8.11. The number of carboxylic acid groups (broad SMARTS) is 1. The van der Waals surface area contributed by atoms with E-state index in [1.165, 1.54) is 13.8 Å². The highest BCUT2D eigenvalue weighted by Gasteiger charge is 2.39. The Morgan fingerprint density at radius 1 is 1.25 bits per heavy atom. The molecule has 0 radical (unpaired) electrons. The molecule has 0 aromatic heterocycles. The van der Waals surface area contributed by atoms with Crippen molar-refractivity contribution in [2.75, 3.05) is 6.26 Å². The Labute approximate surface area is 117 Å². The van der Waals surface area contributed by atoms with E-state index in [2.05, 4.69) is 5.32 Å². The molecule has 1 amide bonds. The molecule has 110 valence electrons. The minimum absolute atomic E-state index is 0.363. The van der Waals surface area contributed by atoms with E-state index in [0.29, 0.717) is 5.56 Å². The van der Waals surface area contributed by atoms with Gasteiger partial charge in [-0.2, -0.15) is 0 Å². The van der Waals surface area contributed by atoms with Gasteiger partial charge in [-0.25, -0.2) is 13.2 Å². The Morgan fingerprint density at radius 3 is 2.15 bits per heavy atom. The molecule has 1 aromatic carbocycles. The van der Waals surface area contributed by atoms with Crippen molar-refractivity contribution < 1.29 is 23.1 Å². The van der Waals surface area contributed by atoms with Gasteiger partial charge in [-0.15, -0.1) is 0 Å². The van der Waals surface area contributed by atoms with Crippen molar-refractivity contribution in [2.45, 2.75) is 24.6 Å². The zero-order valence-corrected chi connectivity index (χ0v) is 12.3. The van der Waals surface area contributed by atoms with Crippen molar-refractivity contribution in [3.63, 3.8) is 0 Å². The Balaban J connectivity index is 3.12. The highest BCUT2D eigenvalue weighted by Crippen LogP contribution is 2.21. The molecule has 6 nitrogen and oxygen atoms in total. The molecule has 0 heterocycles. The van der Waals surface area contributed by atoms with Crippen LogP contribution in [0.4, 0.5) is 0 Å². The summed E-state index contributed by atoms with van der Waals surface area (Å²) >= 11 is 0. The van der Waals surface area contributed by atoms with Crippen LogP contribution >= 0.6 is 0 Å². The molecule has 1 aromatic rings. The Bertz CT molecular complexity index is 611. The van der Waals surface area contributed by atoms with E-state index >= 15 is 0 Å². The largest absolute Gasteiger partial charge is 0.479 e. The van der Waals surface area contributed by atoms with Crippen molar-refractivity contribution in [3.05, 3.63) is 35.9 Å². The first-order valence-corrected chi connectivity index (χ1v) is 7.84. The van der Waals surface area contributed by atoms with Crippen LogP contribution < -0.4 is 5.32 Å². The van der Waals surface area contributed by atoms with Crippen molar-refractivity contribution in [2.24, 2.45) is 0 Å². The van der Waals surface area contributed by atoms with Crippen LogP contribution in [-0.4, -0.2) is 36.9 Å². The predicted octanol–water partition coefficient (Wildman–Crippen LogP) is 0.536. The summed E-state index contributed by atoms with van der Waals surface area (Å²) in [6.07, 6.45) is 0.928. The second kappa shape index (κ2) is 5.62. The van der Waals surface area contributed by atoms with Gasteiger partial charge in [-0.05, 0) is 19.4 Å². The van der Waals surface area contributed by atoms with Crippen molar-refractivity contribution in [3.8, 4) is 0 Å². The third-order valence-corrected chi connectivity index (χ3v) is 4.66. The van der Waals surface area contributed by atoms with Gasteiger partial charge in [-0.1, -0.05) is 30.3 Å². The van der Waals surface area contributed by atoms with Gasteiger partial charge in [0.1, 0.15) is 5.25 Å². The third-order valence-electron chi connectivity index (χ3n) is 3.16. The summed E-state index contributed by atoms with van der Waals surface area (Å²) in [6.45, 7) is 2.54. The lowest BCUT2D eigenvalue weighted by Gasteiger charge is -2.28. The fourth-order valence-electron chi connectivity index (χ4n) is 1.56. The van der Waals surface area contributed by atoms with Crippen LogP contribution in [0.1, 0.15) is 19.4 Å². The number of amides is 1. The number of benzene rings is 1. The van der Waals surface area contributed by atoms with Crippen LogP contribution in [0.5, 0.6) is 0 Å². The van der Waals surface area contributed by atoms with Crippen molar-refractivity contribution >= 4 is 21.7 Å². The number of rotatable bonds is 5. The number of sulfone groups is 1. The van der Waals surface area contributed by atoms with Crippen LogP contribution in [0.2, 0.25) is 0 Å². The lowest BCUT2D eigenvalue weighted by atomic mass is 9.92. The van der Waals surface area contributed by atoms with E-state index in [1.807, 2.05) is 0 Å². The lowest BCUT2D eigenvalue weighted by molar-refractivity contribution is -0.147. The van der Waals surface area contributed by atoms with Gasteiger partial charge >= 0.3 is 5.97 Å². The quantitative estimate of drug-likeness (QED) is 0.826. The Morgan fingerprint density at radius 2 is 1.75 bits per heavy atom. The lowest BCUT2D eigenvalue weighted by Crippen LogP contribution is -2.53. The molecular weight excluding hydrogens is 282 g/mol. The summed E-state index contributed by atoms with van der Waals surface area (Å²) in [4.78, 5) is 23.4. The number of carbonyl (C=O) groups is 2. The first-order chi connectivity index (χ1) is 9.09. The molecule has 0 spiro atoms. The number of nitrogens with one attached hydrogen (secondary N) is 1. The van der Waals surface area contributed by atoms with Crippen molar-refractivity contribution in [1.29, 1.82) is 0 Å². The van der Waals surface area contributed by atoms with E-state index in [1.54, 1.807) is 30.3 Å². The molecule has 0 saturated heterocycles. The predicted molar refractivity (Wildman–Crippen MR) is 73.9 cm³/mol. The van der Waals surface area contributed by atoms with Gasteiger partial charge in [-0.3, -0.25) is 4.79 Å². The summed E-state index contributed by atoms with van der Waals surface area (Å²) in [7, 11) is -3.59. The average Bonchev–Trinajstić information content (AvgIpc) is 2.37.